The predicted octanol–water partition coefficient (Wildman–Crippen LogP) is 3.75. The van der Waals surface area contributed by atoms with E-state index in [0.717, 1.165) is 12.3 Å². The summed E-state index contributed by atoms with van der Waals surface area (Å²) in [5.74, 6) is 1.88. The highest BCUT2D eigenvalue weighted by Crippen LogP contribution is 2.37. The number of alkyl halides is 3. The Kier molecular flexibility index (Phi) is 7.15. The molecule has 0 aromatic rings. The molecule has 0 spiro atoms. The maximum Gasteiger partial charge on any atom is 0.411 e. The normalized spacial score (nSPS) is 28.6. The first kappa shape index (κ1) is 16.8. The maximum absolute atomic E-state index is 11.9. The molecule has 1 fully saturated rings. The van der Waals surface area contributed by atoms with Gasteiger partial charge in [0.05, 0.1) is 0 Å². The Bertz CT molecular complexity index is 245. The lowest BCUT2D eigenvalue weighted by Gasteiger charge is -2.35. The summed E-state index contributed by atoms with van der Waals surface area (Å²) in [6.07, 6.45) is 2.22. The highest BCUT2D eigenvalue weighted by Gasteiger charge is 2.29. The summed E-state index contributed by atoms with van der Waals surface area (Å²) in [5, 5.41) is 0. The third-order valence-corrected chi connectivity index (χ3v) is 4.26. The molecule has 1 aliphatic rings. The fourth-order valence-electron chi connectivity index (χ4n) is 3.09. The highest BCUT2D eigenvalue weighted by molar-refractivity contribution is 4.80. The molecule has 0 radical (unpaired) electrons. The quantitative estimate of drug-likeness (QED) is 0.721. The van der Waals surface area contributed by atoms with Crippen LogP contribution in [0.25, 0.3) is 0 Å². The zero-order valence-corrected chi connectivity index (χ0v) is 11.7. The summed E-state index contributed by atoms with van der Waals surface area (Å²) >= 11 is 0. The lowest BCUT2D eigenvalue weighted by atomic mass is 9.71. The van der Waals surface area contributed by atoms with Crippen LogP contribution in [0.1, 0.15) is 45.4 Å². The first-order valence-corrected chi connectivity index (χ1v) is 7.30. The van der Waals surface area contributed by atoms with Gasteiger partial charge >= 0.3 is 6.18 Å². The Balaban J connectivity index is 2.21. The van der Waals surface area contributed by atoms with Gasteiger partial charge in [0, 0.05) is 6.61 Å². The third-order valence-electron chi connectivity index (χ3n) is 4.26. The SMILES string of the molecule is CCC1CCC(CN)C(CCCOCC(F)(F)F)C1. The largest absolute Gasteiger partial charge is 0.411 e. The zero-order chi connectivity index (χ0) is 14.3. The average molecular weight is 281 g/mol. The molecule has 1 rings (SSSR count). The van der Waals surface area contributed by atoms with Crippen LogP contribution < -0.4 is 5.73 Å². The van der Waals surface area contributed by atoms with Gasteiger partial charge in [-0.2, -0.15) is 13.2 Å². The van der Waals surface area contributed by atoms with E-state index in [2.05, 4.69) is 11.7 Å². The van der Waals surface area contributed by atoms with Gasteiger partial charge in [-0.3, -0.25) is 0 Å². The molecule has 19 heavy (non-hydrogen) atoms. The van der Waals surface area contributed by atoms with Crippen molar-refractivity contribution in [2.45, 2.75) is 51.6 Å². The molecule has 3 atom stereocenters. The van der Waals surface area contributed by atoms with Crippen molar-refractivity contribution in [1.29, 1.82) is 0 Å². The fourth-order valence-corrected chi connectivity index (χ4v) is 3.09. The van der Waals surface area contributed by atoms with E-state index in [-0.39, 0.29) is 6.61 Å². The second-order valence-electron chi connectivity index (χ2n) is 5.65. The minimum absolute atomic E-state index is 0.199. The van der Waals surface area contributed by atoms with Crippen molar-refractivity contribution in [2.24, 2.45) is 23.5 Å². The van der Waals surface area contributed by atoms with Gasteiger partial charge in [0.15, 0.2) is 0 Å². The summed E-state index contributed by atoms with van der Waals surface area (Å²) in [6.45, 7) is 1.97. The minimum Gasteiger partial charge on any atom is -0.372 e. The first-order chi connectivity index (χ1) is 8.96. The van der Waals surface area contributed by atoms with Crippen molar-refractivity contribution in [3.8, 4) is 0 Å². The van der Waals surface area contributed by atoms with Gasteiger partial charge in [-0.25, -0.2) is 0 Å². The second kappa shape index (κ2) is 8.10. The van der Waals surface area contributed by atoms with E-state index in [4.69, 9.17) is 5.73 Å². The average Bonchev–Trinajstić information content (AvgIpc) is 2.36. The smallest absolute Gasteiger partial charge is 0.372 e. The molecular weight excluding hydrogens is 255 g/mol. The minimum atomic E-state index is -4.21. The van der Waals surface area contributed by atoms with Crippen LogP contribution in [-0.2, 0) is 4.74 Å². The number of hydrogen-bond donors (Lipinski definition) is 1. The van der Waals surface area contributed by atoms with Crippen LogP contribution in [0.15, 0.2) is 0 Å². The molecule has 1 saturated carbocycles. The van der Waals surface area contributed by atoms with E-state index in [9.17, 15) is 13.2 Å². The topological polar surface area (TPSA) is 35.2 Å². The van der Waals surface area contributed by atoms with Crippen LogP contribution in [0, 0.1) is 17.8 Å². The van der Waals surface area contributed by atoms with Gasteiger partial charge in [-0.05, 0) is 50.0 Å². The van der Waals surface area contributed by atoms with Gasteiger partial charge in [-0.15, -0.1) is 0 Å². The molecule has 0 bridgehead atoms. The second-order valence-corrected chi connectivity index (χ2v) is 5.65. The van der Waals surface area contributed by atoms with Gasteiger partial charge < -0.3 is 10.5 Å². The van der Waals surface area contributed by atoms with Gasteiger partial charge in [0.25, 0.3) is 0 Å². The summed E-state index contributed by atoms with van der Waals surface area (Å²) in [5.41, 5.74) is 5.79. The summed E-state index contributed by atoms with van der Waals surface area (Å²) in [6, 6.07) is 0. The number of nitrogens with two attached hydrogens (primary N) is 1. The van der Waals surface area contributed by atoms with Crippen molar-refractivity contribution in [2.75, 3.05) is 19.8 Å². The maximum atomic E-state index is 11.9. The molecule has 0 aromatic carbocycles. The Hall–Kier alpha value is -0.290. The molecule has 1 aliphatic carbocycles. The van der Waals surface area contributed by atoms with Crippen LogP contribution in [0.3, 0.4) is 0 Å². The molecule has 2 N–H and O–H groups in total. The van der Waals surface area contributed by atoms with E-state index in [1.54, 1.807) is 0 Å². The predicted molar refractivity (Wildman–Crippen MR) is 69.8 cm³/mol. The van der Waals surface area contributed by atoms with Crippen LogP contribution in [-0.4, -0.2) is 25.9 Å². The molecule has 0 heterocycles. The van der Waals surface area contributed by atoms with E-state index in [1.807, 2.05) is 0 Å². The van der Waals surface area contributed by atoms with E-state index >= 15 is 0 Å². The summed E-state index contributed by atoms with van der Waals surface area (Å²) in [4.78, 5) is 0. The van der Waals surface area contributed by atoms with E-state index < -0.39 is 12.8 Å². The number of hydrogen-bond acceptors (Lipinski definition) is 2. The standard InChI is InChI=1S/C14H26F3NO/c1-2-11-5-6-13(9-18)12(8-11)4-3-7-19-10-14(15,16)17/h11-13H,2-10,18H2,1H3. The Labute approximate surface area is 113 Å². The first-order valence-electron chi connectivity index (χ1n) is 7.30. The van der Waals surface area contributed by atoms with Crippen molar-refractivity contribution >= 4 is 0 Å². The molecule has 0 aliphatic heterocycles. The molecule has 2 nitrogen and oxygen atoms in total. The molecule has 5 heteroatoms. The zero-order valence-electron chi connectivity index (χ0n) is 11.7. The van der Waals surface area contributed by atoms with Gasteiger partial charge in [-0.1, -0.05) is 19.8 Å². The molecule has 0 amide bonds. The Morgan fingerprint density at radius 3 is 2.53 bits per heavy atom. The summed E-state index contributed by atoms with van der Waals surface area (Å²) < 4.78 is 40.4. The van der Waals surface area contributed by atoms with Gasteiger partial charge in [0.2, 0.25) is 0 Å². The number of rotatable bonds is 7. The van der Waals surface area contributed by atoms with Crippen molar-refractivity contribution in [3.63, 3.8) is 0 Å². The fraction of sp³-hybridized carbons (Fsp3) is 1.00. The molecule has 114 valence electrons. The third kappa shape index (κ3) is 6.61. The van der Waals surface area contributed by atoms with Crippen LogP contribution in [0.5, 0.6) is 0 Å². The summed E-state index contributed by atoms with van der Waals surface area (Å²) in [7, 11) is 0. The van der Waals surface area contributed by atoms with Crippen LogP contribution in [0.4, 0.5) is 13.2 Å². The Morgan fingerprint density at radius 2 is 1.95 bits per heavy atom. The molecule has 0 aromatic heterocycles. The van der Waals surface area contributed by atoms with Crippen molar-refractivity contribution in [3.05, 3.63) is 0 Å². The van der Waals surface area contributed by atoms with Crippen molar-refractivity contribution < 1.29 is 17.9 Å². The Morgan fingerprint density at radius 1 is 1.21 bits per heavy atom. The molecule has 3 unspecified atom stereocenters. The van der Waals surface area contributed by atoms with Gasteiger partial charge in [0.1, 0.15) is 6.61 Å². The molecule has 0 saturated heterocycles. The van der Waals surface area contributed by atoms with E-state index in [1.165, 1.54) is 25.7 Å². The van der Waals surface area contributed by atoms with Crippen LogP contribution >= 0.6 is 0 Å². The monoisotopic (exact) mass is 281 g/mol. The van der Waals surface area contributed by atoms with Crippen molar-refractivity contribution in [1.82, 2.24) is 0 Å². The lowest BCUT2D eigenvalue weighted by Crippen LogP contribution is -2.30. The van der Waals surface area contributed by atoms with Crippen LogP contribution in [0.2, 0.25) is 0 Å². The number of halogens is 3. The highest BCUT2D eigenvalue weighted by atomic mass is 19.4. The van der Waals surface area contributed by atoms with E-state index in [0.29, 0.717) is 24.8 Å². The molecular formula is C14H26F3NO. The number of ether oxygens (including phenoxy) is 1. The lowest BCUT2D eigenvalue weighted by molar-refractivity contribution is -0.174.